The van der Waals surface area contributed by atoms with Crippen molar-refractivity contribution in [3.05, 3.63) is 16.7 Å². The monoisotopic (exact) mass is 373 g/mol. The number of H-pyrrole nitrogens is 1. The minimum absolute atomic E-state index is 0.0845. The van der Waals surface area contributed by atoms with Crippen LogP contribution in [-0.4, -0.2) is 68.5 Å². The van der Waals surface area contributed by atoms with E-state index in [4.69, 9.17) is 13.8 Å². The lowest BCUT2D eigenvalue weighted by Crippen LogP contribution is -2.39. The van der Waals surface area contributed by atoms with Crippen LogP contribution in [0.3, 0.4) is 0 Å². The van der Waals surface area contributed by atoms with Gasteiger partial charge in [0, 0.05) is 14.1 Å². The topological polar surface area (TPSA) is 152 Å². The van der Waals surface area contributed by atoms with Gasteiger partial charge in [-0.3, -0.25) is 23.4 Å². The van der Waals surface area contributed by atoms with Crippen LogP contribution in [-0.2, 0) is 18.3 Å². The number of aliphatic hydroxyl groups excluding tert-OH is 1. The fraction of sp³-hybridized carbons (Fsp3) is 0.583. The van der Waals surface area contributed by atoms with Gasteiger partial charge in [-0.1, -0.05) is 0 Å². The van der Waals surface area contributed by atoms with Gasteiger partial charge in [0.15, 0.2) is 17.4 Å². The summed E-state index contributed by atoms with van der Waals surface area (Å²) < 4.78 is 28.3. The summed E-state index contributed by atoms with van der Waals surface area (Å²) in [7, 11) is -0.791. The molecule has 0 saturated carbocycles. The van der Waals surface area contributed by atoms with Crippen LogP contribution in [0, 0.1) is 0 Å². The van der Waals surface area contributed by atoms with Crippen LogP contribution >= 0.6 is 7.82 Å². The number of aromatic amines is 1. The minimum atomic E-state index is -4.22. The lowest BCUT2D eigenvalue weighted by atomic mass is 10.1. The largest absolute Gasteiger partial charge is 0.472 e. The first-order valence-electron chi connectivity index (χ1n) is 7.40. The quantitative estimate of drug-likeness (QED) is 0.557. The van der Waals surface area contributed by atoms with E-state index in [1.54, 1.807) is 19.0 Å². The Bertz CT molecular complexity index is 926. The zero-order valence-electron chi connectivity index (χ0n) is 13.3. The lowest BCUT2D eigenvalue weighted by Gasteiger charge is -2.27. The fourth-order valence-corrected chi connectivity index (χ4v) is 3.84. The molecule has 12 nitrogen and oxygen atoms in total. The van der Waals surface area contributed by atoms with Gasteiger partial charge in [-0.25, -0.2) is 9.55 Å². The van der Waals surface area contributed by atoms with E-state index in [-0.39, 0.29) is 17.8 Å². The summed E-state index contributed by atoms with van der Waals surface area (Å²) in [4.78, 5) is 34.1. The first-order chi connectivity index (χ1) is 11.8. The predicted octanol–water partition coefficient (Wildman–Crippen LogP) is -1.04. The average Bonchev–Trinajstić information content (AvgIpc) is 3.09. The van der Waals surface area contributed by atoms with Crippen molar-refractivity contribution < 1.29 is 28.3 Å². The molecule has 5 atom stereocenters. The molecule has 0 radical (unpaired) electrons. The van der Waals surface area contributed by atoms with E-state index in [2.05, 4.69) is 15.0 Å². The number of phosphoric ester groups is 1. The van der Waals surface area contributed by atoms with Crippen molar-refractivity contribution in [2.75, 3.05) is 25.6 Å². The zero-order chi connectivity index (χ0) is 17.9. The summed E-state index contributed by atoms with van der Waals surface area (Å²) in [6, 6.07) is 0. The van der Waals surface area contributed by atoms with Crippen molar-refractivity contribution in [3.63, 3.8) is 0 Å². The highest BCUT2D eigenvalue weighted by atomic mass is 31.2. The van der Waals surface area contributed by atoms with Gasteiger partial charge >= 0.3 is 7.82 Å². The molecule has 0 spiro atoms. The second-order valence-corrected chi connectivity index (χ2v) is 7.40. The molecule has 13 heteroatoms. The van der Waals surface area contributed by atoms with Crippen molar-refractivity contribution in [3.8, 4) is 0 Å². The summed E-state index contributed by atoms with van der Waals surface area (Å²) in [6.07, 6.45) is -2.72. The maximum atomic E-state index is 12.1. The molecule has 2 saturated heterocycles. The molecule has 2 fully saturated rings. The van der Waals surface area contributed by atoms with Crippen LogP contribution in [0.5, 0.6) is 0 Å². The van der Waals surface area contributed by atoms with Crippen molar-refractivity contribution >= 4 is 24.9 Å². The third-order valence-corrected chi connectivity index (χ3v) is 5.07. The van der Waals surface area contributed by atoms with Gasteiger partial charge < -0.3 is 19.6 Å². The Morgan fingerprint density at radius 3 is 2.96 bits per heavy atom. The normalized spacial score (nSPS) is 35.0. The maximum Gasteiger partial charge on any atom is 0.472 e. The standard InChI is InChI=1S/C12H16N5O7P/c1-16(2)12-14-9-6(10(19)15-12)13-4-17(9)11-7(18)8-5(23-11)3-22-25(20,21)24-8/h4-5,7-8,11,18H,3H2,1-2H3,(H,20,21)(H,14,15,19)/t5-,7-,8-,11-/m1/s1. The van der Waals surface area contributed by atoms with Crippen LogP contribution in [0.2, 0.25) is 0 Å². The number of imidazole rings is 1. The van der Waals surface area contributed by atoms with Gasteiger partial charge in [0.05, 0.1) is 12.9 Å². The van der Waals surface area contributed by atoms with Crippen LogP contribution in [0.25, 0.3) is 11.2 Å². The molecular weight excluding hydrogens is 357 g/mol. The van der Waals surface area contributed by atoms with Crippen LogP contribution in [0.4, 0.5) is 5.95 Å². The molecule has 2 aliphatic rings. The Morgan fingerprint density at radius 1 is 1.48 bits per heavy atom. The van der Waals surface area contributed by atoms with Gasteiger partial charge in [-0.05, 0) is 0 Å². The van der Waals surface area contributed by atoms with Gasteiger partial charge in [0.2, 0.25) is 5.95 Å². The van der Waals surface area contributed by atoms with Crippen LogP contribution in [0.1, 0.15) is 6.23 Å². The molecule has 2 aromatic rings. The summed E-state index contributed by atoms with van der Waals surface area (Å²) >= 11 is 0. The fourth-order valence-electron chi connectivity index (χ4n) is 2.88. The molecule has 136 valence electrons. The number of anilines is 1. The summed E-state index contributed by atoms with van der Waals surface area (Å²) in [5, 5.41) is 10.5. The molecule has 4 heterocycles. The second-order valence-electron chi connectivity index (χ2n) is 6.00. The average molecular weight is 373 g/mol. The Hall–Kier alpha value is -1.82. The molecule has 4 rings (SSSR count). The number of fused-ring (bicyclic) bond motifs is 2. The van der Waals surface area contributed by atoms with Gasteiger partial charge in [0.1, 0.15) is 18.3 Å². The Labute approximate surface area is 140 Å². The number of rotatable bonds is 2. The highest BCUT2D eigenvalue weighted by Gasteiger charge is 2.52. The third kappa shape index (κ3) is 2.67. The molecule has 0 bridgehead atoms. The van der Waals surface area contributed by atoms with E-state index in [0.29, 0.717) is 5.95 Å². The van der Waals surface area contributed by atoms with E-state index in [0.717, 1.165) is 0 Å². The minimum Gasteiger partial charge on any atom is -0.386 e. The molecular formula is C12H16N5O7P. The van der Waals surface area contributed by atoms with Crippen molar-refractivity contribution in [1.82, 2.24) is 19.5 Å². The Kier molecular flexibility index (Phi) is 3.72. The smallest absolute Gasteiger partial charge is 0.386 e. The lowest BCUT2D eigenvalue weighted by molar-refractivity contribution is -0.0664. The molecule has 0 amide bonds. The number of nitrogens with one attached hydrogen (secondary N) is 1. The number of ether oxygens (including phenoxy) is 1. The van der Waals surface area contributed by atoms with Gasteiger partial charge in [0.25, 0.3) is 5.56 Å². The summed E-state index contributed by atoms with van der Waals surface area (Å²) in [6.45, 7) is -0.199. The molecule has 2 aliphatic heterocycles. The number of aliphatic hydroxyl groups is 1. The van der Waals surface area contributed by atoms with E-state index >= 15 is 0 Å². The van der Waals surface area contributed by atoms with Crippen LogP contribution in [0.15, 0.2) is 11.1 Å². The second kappa shape index (κ2) is 5.59. The highest BCUT2D eigenvalue weighted by molar-refractivity contribution is 7.47. The van der Waals surface area contributed by atoms with Gasteiger partial charge in [-0.15, -0.1) is 0 Å². The third-order valence-electron chi connectivity index (χ3n) is 4.08. The van der Waals surface area contributed by atoms with E-state index < -0.39 is 37.9 Å². The van der Waals surface area contributed by atoms with Crippen LogP contribution < -0.4 is 10.5 Å². The summed E-state index contributed by atoms with van der Waals surface area (Å²) in [5.74, 6) is 0.309. The molecule has 1 unspecified atom stereocenters. The predicted molar refractivity (Wildman–Crippen MR) is 83.0 cm³/mol. The number of hydrogen-bond donors (Lipinski definition) is 3. The molecule has 0 aliphatic carbocycles. The first-order valence-corrected chi connectivity index (χ1v) is 8.90. The van der Waals surface area contributed by atoms with Crippen molar-refractivity contribution in [1.29, 1.82) is 0 Å². The molecule has 0 aromatic carbocycles. The van der Waals surface area contributed by atoms with Crippen molar-refractivity contribution in [2.24, 2.45) is 0 Å². The van der Waals surface area contributed by atoms with E-state index in [1.165, 1.54) is 10.9 Å². The first kappa shape index (κ1) is 16.6. The Balaban J connectivity index is 1.75. The summed E-state index contributed by atoms with van der Waals surface area (Å²) in [5.41, 5.74) is -0.138. The molecule has 3 N–H and O–H groups in total. The van der Waals surface area contributed by atoms with E-state index in [1.807, 2.05) is 0 Å². The number of phosphoric acid groups is 1. The molecule has 2 aromatic heterocycles. The SMILES string of the molecule is CN(C)c1nc2c(ncn2[C@@H]2O[C@@H]3COP(=O)(O)O[C@H]3[C@H]2O)c(=O)[nH]1. The van der Waals surface area contributed by atoms with Gasteiger partial charge in [-0.2, -0.15) is 4.98 Å². The number of hydrogen-bond acceptors (Lipinski definition) is 9. The van der Waals surface area contributed by atoms with Crippen molar-refractivity contribution in [2.45, 2.75) is 24.5 Å². The maximum absolute atomic E-state index is 12.1. The molecule has 25 heavy (non-hydrogen) atoms. The number of nitrogens with zero attached hydrogens (tertiary/aromatic N) is 4. The van der Waals surface area contributed by atoms with E-state index in [9.17, 15) is 19.4 Å². The zero-order valence-corrected chi connectivity index (χ0v) is 14.2. The Morgan fingerprint density at radius 2 is 2.24 bits per heavy atom. The number of aromatic nitrogens is 4. The highest BCUT2D eigenvalue weighted by Crippen LogP contribution is 2.52.